The Morgan fingerprint density at radius 3 is 1.89 bits per heavy atom. The molecule has 0 saturated heterocycles. The van der Waals surface area contributed by atoms with E-state index < -0.39 is 24.5 Å². The third kappa shape index (κ3) is 8.55. The second-order valence-electron chi connectivity index (χ2n) is 10.3. The molecule has 0 amide bonds. The van der Waals surface area contributed by atoms with E-state index in [1.807, 2.05) is 13.8 Å². The Morgan fingerprint density at radius 2 is 1.31 bits per heavy atom. The second kappa shape index (κ2) is 16.3. The summed E-state index contributed by atoms with van der Waals surface area (Å²) in [6.45, 7) is 7.37. The third-order valence-corrected chi connectivity index (χ3v) is 12.3. The molecule has 1 atom stereocenters. The van der Waals surface area contributed by atoms with E-state index in [0.29, 0.717) is 23.1 Å². The number of carbonyl (C=O) groups excluding carboxylic acids is 1. The van der Waals surface area contributed by atoms with Gasteiger partial charge in [0.2, 0.25) is 0 Å². The summed E-state index contributed by atoms with van der Waals surface area (Å²) in [4.78, 5) is 24.1. The monoisotopic (exact) mass is 878 g/mol. The van der Waals surface area contributed by atoms with Gasteiger partial charge in [0, 0.05) is 20.9 Å². The molecule has 4 N–H and O–H groups in total. The molecule has 244 valence electrons. The Kier molecular flexibility index (Phi) is 13.6. The lowest BCUT2D eigenvalue weighted by molar-refractivity contribution is -0.338. The van der Waals surface area contributed by atoms with E-state index >= 15 is 0 Å². The molecular formula is C32H34Br4O9. The van der Waals surface area contributed by atoms with Crippen LogP contribution in [0.15, 0.2) is 42.2 Å². The average Bonchev–Trinajstić information content (AvgIpc) is 3.02. The molecule has 3 rings (SSSR count). The topological polar surface area (TPSA) is 143 Å². The number of hydrogen-bond acceptors (Lipinski definition) is 8. The van der Waals surface area contributed by atoms with Crippen molar-refractivity contribution in [3.05, 3.63) is 81.1 Å². The number of benzene rings is 3. The molecular weight excluding hydrogens is 848 g/mol. The fourth-order valence-corrected chi connectivity index (χ4v) is 7.35. The number of carbonyl (C=O) groups is 2. The SMILES string of the molecule is Cc1c(C)c(C)c(-c2c(Br)c(Br)c(Br)c(Br)c2OCCO)c(CCCC(O)(OCCO)OC(=O)c2ccc(C(=O)O)cc2)c1C. The number of rotatable bonds is 14. The number of hydrogen-bond donors (Lipinski definition) is 4. The van der Waals surface area contributed by atoms with Crippen LogP contribution in [0.2, 0.25) is 0 Å². The fraction of sp³-hybridized carbons (Fsp3) is 0.375. The normalized spacial score (nSPS) is 12.6. The smallest absolute Gasteiger partial charge is 0.342 e. The van der Waals surface area contributed by atoms with Crippen molar-refractivity contribution < 1.29 is 44.2 Å². The lowest BCUT2D eigenvalue weighted by Gasteiger charge is -2.28. The van der Waals surface area contributed by atoms with E-state index in [1.165, 1.54) is 24.3 Å². The molecule has 0 heterocycles. The fourth-order valence-electron chi connectivity index (χ4n) is 4.96. The molecule has 0 aromatic heterocycles. The first-order valence-corrected chi connectivity index (χ1v) is 17.1. The maximum atomic E-state index is 12.9. The van der Waals surface area contributed by atoms with Crippen LogP contribution in [0, 0.1) is 27.7 Å². The van der Waals surface area contributed by atoms with Gasteiger partial charge >= 0.3 is 17.9 Å². The lowest BCUT2D eigenvalue weighted by Crippen LogP contribution is -2.39. The van der Waals surface area contributed by atoms with Crippen molar-refractivity contribution >= 4 is 75.7 Å². The number of ether oxygens (including phenoxy) is 3. The minimum Gasteiger partial charge on any atom is -0.489 e. The molecule has 0 aliphatic heterocycles. The second-order valence-corrected chi connectivity index (χ2v) is 13.5. The molecule has 0 aliphatic rings. The van der Waals surface area contributed by atoms with Crippen molar-refractivity contribution in [2.24, 2.45) is 0 Å². The zero-order chi connectivity index (χ0) is 33.6. The highest BCUT2D eigenvalue weighted by molar-refractivity contribution is 9.15. The van der Waals surface area contributed by atoms with Crippen molar-refractivity contribution in [2.75, 3.05) is 26.4 Å². The van der Waals surface area contributed by atoms with Gasteiger partial charge < -0.3 is 34.6 Å². The predicted octanol–water partition coefficient (Wildman–Crippen LogP) is 7.54. The molecule has 3 aromatic carbocycles. The van der Waals surface area contributed by atoms with Gasteiger partial charge in [0.05, 0.1) is 39.9 Å². The Balaban J connectivity index is 2.03. The number of aromatic carboxylic acids is 1. The standard InChI is InChI=1S/C32H34Br4O9/c1-16-17(2)19(4)23(24-25(33)26(34)27(35)28(36)29(24)43-14-12-37)22(18(16)3)6-5-11-32(42,44-15-13-38)45-31(41)21-9-7-20(8-10-21)30(39)40/h7-10,37-38,42H,5-6,11-15H2,1-4H3,(H,39,40). The van der Waals surface area contributed by atoms with Gasteiger partial charge in [0.25, 0.3) is 0 Å². The van der Waals surface area contributed by atoms with Gasteiger partial charge in [-0.15, -0.1) is 0 Å². The Labute approximate surface area is 295 Å². The van der Waals surface area contributed by atoms with E-state index in [4.69, 9.17) is 19.3 Å². The first-order valence-electron chi connectivity index (χ1n) is 13.9. The van der Waals surface area contributed by atoms with Crippen molar-refractivity contribution in [3.63, 3.8) is 0 Å². The van der Waals surface area contributed by atoms with Crippen molar-refractivity contribution in [3.8, 4) is 16.9 Å². The van der Waals surface area contributed by atoms with E-state index in [9.17, 15) is 24.9 Å². The molecule has 1 unspecified atom stereocenters. The summed E-state index contributed by atoms with van der Waals surface area (Å²) in [5, 5.41) is 39.3. The highest BCUT2D eigenvalue weighted by atomic mass is 79.9. The summed E-state index contributed by atoms with van der Waals surface area (Å²) in [5.74, 6) is -3.88. The van der Waals surface area contributed by atoms with Crippen LogP contribution in [0.25, 0.3) is 11.1 Å². The Bertz CT molecular complexity index is 1570. The molecule has 13 heteroatoms. The minimum atomic E-state index is -2.35. The first-order chi connectivity index (χ1) is 21.2. The van der Waals surface area contributed by atoms with Crippen LogP contribution in [0.1, 0.15) is 61.4 Å². The molecule has 0 bridgehead atoms. The Morgan fingerprint density at radius 1 is 0.756 bits per heavy atom. The maximum Gasteiger partial charge on any atom is 0.342 e. The van der Waals surface area contributed by atoms with Crippen LogP contribution in [-0.2, 0) is 15.9 Å². The molecule has 0 fully saturated rings. The third-order valence-electron chi connectivity index (χ3n) is 7.59. The number of aliphatic hydroxyl groups is 3. The first kappa shape index (κ1) is 37.6. The summed E-state index contributed by atoms with van der Waals surface area (Å²) in [5.41, 5.74) is 6.96. The summed E-state index contributed by atoms with van der Waals surface area (Å²) < 4.78 is 19.7. The maximum absolute atomic E-state index is 12.9. The molecule has 3 aromatic rings. The van der Waals surface area contributed by atoms with Gasteiger partial charge in [-0.3, -0.25) is 0 Å². The van der Waals surface area contributed by atoms with Crippen molar-refractivity contribution in [2.45, 2.75) is 52.9 Å². The summed E-state index contributed by atoms with van der Waals surface area (Å²) in [6.07, 6.45) is 0.627. The van der Waals surface area contributed by atoms with Crippen LogP contribution in [-0.4, -0.2) is 64.8 Å². The van der Waals surface area contributed by atoms with Gasteiger partial charge in [-0.2, -0.15) is 0 Å². The summed E-state index contributed by atoms with van der Waals surface area (Å²) in [6, 6.07) is 5.09. The quantitative estimate of drug-likeness (QED) is 0.0559. The van der Waals surface area contributed by atoms with Gasteiger partial charge in [0.1, 0.15) is 12.4 Å². The molecule has 0 saturated carbocycles. The number of halogens is 4. The molecule has 9 nitrogen and oxygen atoms in total. The van der Waals surface area contributed by atoms with E-state index in [-0.39, 0.29) is 37.4 Å². The van der Waals surface area contributed by atoms with Crippen LogP contribution in [0.3, 0.4) is 0 Å². The average molecular weight is 882 g/mol. The van der Waals surface area contributed by atoms with Crippen LogP contribution < -0.4 is 4.74 Å². The van der Waals surface area contributed by atoms with Crippen molar-refractivity contribution in [1.82, 2.24) is 0 Å². The van der Waals surface area contributed by atoms with Crippen LogP contribution in [0.4, 0.5) is 0 Å². The molecule has 0 spiro atoms. The largest absolute Gasteiger partial charge is 0.489 e. The zero-order valence-electron chi connectivity index (χ0n) is 25.1. The molecule has 0 aliphatic carbocycles. The molecule has 0 radical (unpaired) electrons. The molecule has 45 heavy (non-hydrogen) atoms. The van der Waals surface area contributed by atoms with E-state index in [1.54, 1.807) is 0 Å². The van der Waals surface area contributed by atoms with Crippen LogP contribution >= 0.6 is 63.7 Å². The number of carboxylic acid groups (broad SMARTS) is 1. The van der Waals surface area contributed by atoms with Gasteiger partial charge in [0.15, 0.2) is 0 Å². The van der Waals surface area contributed by atoms with Gasteiger partial charge in [-0.25, -0.2) is 9.59 Å². The number of aliphatic hydroxyl groups excluding tert-OH is 2. The number of carboxylic acids is 1. The predicted molar refractivity (Wildman–Crippen MR) is 184 cm³/mol. The van der Waals surface area contributed by atoms with Gasteiger partial charge in [-0.05, 0) is 162 Å². The van der Waals surface area contributed by atoms with E-state index in [0.717, 1.165) is 52.4 Å². The Hall–Kier alpha value is -1.84. The summed E-state index contributed by atoms with van der Waals surface area (Å²) in [7, 11) is 0. The van der Waals surface area contributed by atoms with Gasteiger partial charge in [-0.1, -0.05) is 0 Å². The van der Waals surface area contributed by atoms with Crippen molar-refractivity contribution in [1.29, 1.82) is 0 Å². The highest BCUT2D eigenvalue weighted by Crippen LogP contribution is 2.53. The minimum absolute atomic E-state index is 0.00501. The number of esters is 1. The van der Waals surface area contributed by atoms with Crippen LogP contribution in [0.5, 0.6) is 5.75 Å². The van der Waals surface area contributed by atoms with E-state index in [2.05, 4.69) is 77.6 Å². The lowest BCUT2D eigenvalue weighted by atomic mass is 9.83. The highest BCUT2D eigenvalue weighted by Gasteiger charge is 2.34. The summed E-state index contributed by atoms with van der Waals surface area (Å²) >= 11 is 14.7. The zero-order valence-corrected chi connectivity index (χ0v) is 31.4.